The highest BCUT2D eigenvalue weighted by molar-refractivity contribution is 7.89. The van der Waals surface area contributed by atoms with E-state index < -0.39 is 16.1 Å². The lowest BCUT2D eigenvalue weighted by Gasteiger charge is -2.47. The van der Waals surface area contributed by atoms with E-state index in [2.05, 4.69) is 9.62 Å². The largest absolute Gasteiger partial charge is 0.379 e. The SMILES string of the molecule is O=C([C@H]1Cc2ccccc2S(=O)(=O)N1)N1CC(N2CCOCC2)C1. The molecule has 4 rings (SSSR count). The third-order valence-electron chi connectivity index (χ3n) is 5.02. The van der Waals surface area contributed by atoms with Crippen molar-refractivity contribution >= 4 is 15.9 Å². The molecule has 8 heteroatoms. The molecule has 130 valence electrons. The Balaban J connectivity index is 1.42. The monoisotopic (exact) mass is 351 g/mol. The number of carbonyl (C=O) groups excluding carboxylic acids is 1. The molecule has 3 heterocycles. The molecule has 2 saturated heterocycles. The first kappa shape index (κ1) is 16.0. The molecule has 0 saturated carbocycles. The predicted octanol–water partition coefficient (Wildman–Crippen LogP) is -0.567. The van der Waals surface area contributed by atoms with Crippen LogP contribution in [0, 0.1) is 0 Å². The Labute approximate surface area is 141 Å². The van der Waals surface area contributed by atoms with Gasteiger partial charge in [-0.05, 0) is 18.1 Å². The molecule has 1 aromatic rings. The zero-order chi connectivity index (χ0) is 16.7. The molecule has 0 spiro atoms. The minimum Gasteiger partial charge on any atom is -0.379 e. The van der Waals surface area contributed by atoms with Crippen molar-refractivity contribution in [1.29, 1.82) is 0 Å². The molecule has 0 aromatic heterocycles. The Morgan fingerprint density at radius 2 is 1.88 bits per heavy atom. The highest BCUT2D eigenvalue weighted by Crippen LogP contribution is 2.25. The van der Waals surface area contributed by atoms with Crippen LogP contribution in [0.4, 0.5) is 0 Å². The first-order chi connectivity index (χ1) is 11.5. The molecule has 24 heavy (non-hydrogen) atoms. The number of hydrogen-bond acceptors (Lipinski definition) is 5. The fourth-order valence-corrected chi connectivity index (χ4v) is 5.05. The highest BCUT2D eigenvalue weighted by atomic mass is 32.2. The van der Waals surface area contributed by atoms with Gasteiger partial charge in [0.25, 0.3) is 0 Å². The number of amides is 1. The Kier molecular flexibility index (Phi) is 4.07. The predicted molar refractivity (Wildman–Crippen MR) is 87.0 cm³/mol. The third-order valence-corrected chi connectivity index (χ3v) is 6.59. The number of likely N-dealkylation sites (tertiary alicyclic amines) is 1. The van der Waals surface area contributed by atoms with Gasteiger partial charge in [-0.25, -0.2) is 8.42 Å². The van der Waals surface area contributed by atoms with Crippen LogP contribution in [0.2, 0.25) is 0 Å². The third kappa shape index (κ3) is 2.83. The molecule has 1 aromatic carbocycles. The van der Waals surface area contributed by atoms with Gasteiger partial charge in [0.15, 0.2) is 0 Å². The second-order valence-electron chi connectivity index (χ2n) is 6.53. The average Bonchev–Trinajstić information content (AvgIpc) is 2.54. The van der Waals surface area contributed by atoms with Crippen molar-refractivity contribution in [2.24, 2.45) is 0 Å². The maximum atomic E-state index is 12.7. The molecule has 0 bridgehead atoms. The fraction of sp³-hybridized carbons (Fsp3) is 0.562. The second kappa shape index (κ2) is 6.11. The summed E-state index contributed by atoms with van der Waals surface area (Å²) in [6.45, 7) is 4.61. The second-order valence-corrected chi connectivity index (χ2v) is 8.21. The quantitative estimate of drug-likeness (QED) is 0.772. The van der Waals surface area contributed by atoms with Gasteiger partial charge in [-0.2, -0.15) is 4.72 Å². The van der Waals surface area contributed by atoms with Gasteiger partial charge in [0, 0.05) is 32.2 Å². The molecule has 3 aliphatic rings. The van der Waals surface area contributed by atoms with Crippen molar-refractivity contribution in [3.8, 4) is 0 Å². The van der Waals surface area contributed by atoms with Crippen molar-refractivity contribution in [2.45, 2.75) is 23.4 Å². The number of morpholine rings is 1. The van der Waals surface area contributed by atoms with Crippen LogP contribution in [0.3, 0.4) is 0 Å². The maximum absolute atomic E-state index is 12.7. The Morgan fingerprint density at radius 3 is 2.62 bits per heavy atom. The van der Waals surface area contributed by atoms with E-state index in [4.69, 9.17) is 4.74 Å². The lowest BCUT2D eigenvalue weighted by atomic mass is 10.0. The zero-order valence-corrected chi connectivity index (χ0v) is 14.2. The zero-order valence-electron chi connectivity index (χ0n) is 13.3. The number of nitrogens with one attached hydrogen (secondary N) is 1. The van der Waals surface area contributed by atoms with E-state index >= 15 is 0 Å². The molecule has 0 unspecified atom stereocenters. The molecule has 0 radical (unpaired) electrons. The van der Waals surface area contributed by atoms with Gasteiger partial charge in [0.05, 0.1) is 18.1 Å². The molecule has 2 fully saturated rings. The Bertz CT molecular complexity index is 739. The normalized spacial score (nSPS) is 27.3. The van der Waals surface area contributed by atoms with Crippen LogP contribution in [0.5, 0.6) is 0 Å². The molecule has 1 amide bonds. The van der Waals surface area contributed by atoms with E-state index in [0.29, 0.717) is 31.1 Å². The van der Waals surface area contributed by atoms with E-state index in [0.717, 1.165) is 26.3 Å². The van der Waals surface area contributed by atoms with Crippen LogP contribution < -0.4 is 4.72 Å². The summed E-state index contributed by atoms with van der Waals surface area (Å²) in [7, 11) is -3.61. The van der Waals surface area contributed by atoms with Crippen LogP contribution in [0.1, 0.15) is 5.56 Å². The van der Waals surface area contributed by atoms with Gasteiger partial charge >= 0.3 is 0 Å². The van der Waals surface area contributed by atoms with Gasteiger partial charge in [-0.1, -0.05) is 18.2 Å². The minimum atomic E-state index is -3.61. The van der Waals surface area contributed by atoms with Gasteiger partial charge < -0.3 is 9.64 Å². The summed E-state index contributed by atoms with van der Waals surface area (Å²) in [5.41, 5.74) is 0.708. The van der Waals surface area contributed by atoms with Crippen LogP contribution in [-0.2, 0) is 26.0 Å². The highest BCUT2D eigenvalue weighted by Gasteiger charge is 2.41. The van der Waals surface area contributed by atoms with Gasteiger partial charge in [0.2, 0.25) is 15.9 Å². The van der Waals surface area contributed by atoms with Crippen molar-refractivity contribution in [2.75, 3.05) is 39.4 Å². The average molecular weight is 351 g/mol. The molecule has 0 aliphatic carbocycles. The number of carbonyl (C=O) groups is 1. The topological polar surface area (TPSA) is 79.0 Å². The number of rotatable bonds is 2. The number of nitrogens with zero attached hydrogens (tertiary/aromatic N) is 2. The van der Waals surface area contributed by atoms with Crippen LogP contribution in [0.15, 0.2) is 29.2 Å². The number of hydrogen-bond donors (Lipinski definition) is 1. The minimum absolute atomic E-state index is 0.127. The molecule has 3 aliphatic heterocycles. The van der Waals surface area contributed by atoms with Crippen molar-refractivity contribution in [3.05, 3.63) is 29.8 Å². The van der Waals surface area contributed by atoms with E-state index in [-0.39, 0.29) is 10.8 Å². The van der Waals surface area contributed by atoms with Crippen molar-refractivity contribution < 1.29 is 17.9 Å². The lowest BCUT2D eigenvalue weighted by Crippen LogP contribution is -2.66. The lowest BCUT2D eigenvalue weighted by molar-refractivity contribution is -0.141. The number of sulfonamides is 1. The maximum Gasteiger partial charge on any atom is 0.241 e. The van der Waals surface area contributed by atoms with Crippen LogP contribution in [0.25, 0.3) is 0 Å². The van der Waals surface area contributed by atoms with E-state index in [1.54, 1.807) is 29.2 Å². The summed E-state index contributed by atoms with van der Waals surface area (Å²) in [5.74, 6) is -0.127. The first-order valence-corrected chi connectivity index (χ1v) is 9.74. The van der Waals surface area contributed by atoms with Gasteiger partial charge in [0.1, 0.15) is 6.04 Å². The molecular formula is C16H21N3O4S. The number of fused-ring (bicyclic) bond motifs is 1. The summed E-state index contributed by atoms with van der Waals surface area (Å²) < 4.78 is 32.5. The van der Waals surface area contributed by atoms with Gasteiger partial charge in [-0.15, -0.1) is 0 Å². The Morgan fingerprint density at radius 1 is 1.17 bits per heavy atom. The molecule has 1 atom stereocenters. The molecular weight excluding hydrogens is 330 g/mol. The summed E-state index contributed by atoms with van der Waals surface area (Å²) in [6, 6.07) is 6.53. The van der Waals surface area contributed by atoms with Crippen molar-refractivity contribution in [3.63, 3.8) is 0 Å². The summed E-state index contributed by atoms with van der Waals surface area (Å²) in [6.07, 6.45) is 0.410. The van der Waals surface area contributed by atoms with E-state index in [1.807, 2.05) is 0 Å². The van der Waals surface area contributed by atoms with E-state index in [9.17, 15) is 13.2 Å². The fourth-order valence-electron chi connectivity index (χ4n) is 3.61. The van der Waals surface area contributed by atoms with Crippen LogP contribution >= 0.6 is 0 Å². The number of ether oxygens (including phenoxy) is 1. The summed E-state index contributed by atoms with van der Waals surface area (Å²) in [4.78, 5) is 17.0. The van der Waals surface area contributed by atoms with Gasteiger partial charge in [-0.3, -0.25) is 9.69 Å². The first-order valence-electron chi connectivity index (χ1n) is 8.25. The van der Waals surface area contributed by atoms with Crippen LogP contribution in [-0.4, -0.2) is 75.6 Å². The molecule has 1 N–H and O–H groups in total. The Hall–Kier alpha value is -1.48. The van der Waals surface area contributed by atoms with Crippen molar-refractivity contribution in [1.82, 2.24) is 14.5 Å². The number of benzene rings is 1. The standard InChI is InChI=1S/C16H21N3O4S/c20-16(19-10-13(11-19)18-5-7-23-8-6-18)14-9-12-3-1-2-4-15(12)24(21,22)17-14/h1-4,13-14,17H,5-11H2/t14-/m1/s1. The summed E-state index contributed by atoms with van der Waals surface area (Å²) >= 11 is 0. The smallest absolute Gasteiger partial charge is 0.241 e. The summed E-state index contributed by atoms with van der Waals surface area (Å²) in [5, 5.41) is 0. The molecule has 7 nitrogen and oxygen atoms in total. The van der Waals surface area contributed by atoms with E-state index in [1.165, 1.54) is 0 Å².